The van der Waals surface area contributed by atoms with Crippen LogP contribution in [0.3, 0.4) is 0 Å². The standard InChI is InChI=1S/C15H22N2O3/c1-10-6-7-13(15(20)17-10)14(19)16-8-11-4-2-3-5-12(11)9-18/h6-7,11-12,18H,2-5,8-9H2,1H3,(H,16,19)(H,17,20). The number of aromatic nitrogens is 1. The molecule has 1 aromatic rings. The Bertz CT molecular complexity index is 524. The zero-order valence-corrected chi connectivity index (χ0v) is 11.8. The second kappa shape index (κ2) is 6.70. The number of rotatable bonds is 4. The van der Waals surface area contributed by atoms with Gasteiger partial charge in [-0.3, -0.25) is 9.59 Å². The number of aliphatic hydroxyl groups excluding tert-OH is 1. The summed E-state index contributed by atoms with van der Waals surface area (Å²) in [5.74, 6) is 0.232. The summed E-state index contributed by atoms with van der Waals surface area (Å²) >= 11 is 0. The van der Waals surface area contributed by atoms with E-state index in [1.54, 1.807) is 19.1 Å². The molecule has 2 unspecified atom stereocenters. The van der Waals surface area contributed by atoms with Gasteiger partial charge in [0.25, 0.3) is 11.5 Å². The highest BCUT2D eigenvalue weighted by molar-refractivity contribution is 5.93. The third-order valence-electron chi connectivity index (χ3n) is 4.13. The van der Waals surface area contributed by atoms with E-state index in [2.05, 4.69) is 10.3 Å². The summed E-state index contributed by atoms with van der Waals surface area (Å²) in [4.78, 5) is 26.3. The number of nitrogens with one attached hydrogen (secondary N) is 2. The summed E-state index contributed by atoms with van der Waals surface area (Å²) in [6.07, 6.45) is 4.33. The van der Waals surface area contributed by atoms with Crippen molar-refractivity contribution in [3.05, 3.63) is 33.7 Å². The zero-order chi connectivity index (χ0) is 14.5. The minimum atomic E-state index is -0.357. The second-order valence-corrected chi connectivity index (χ2v) is 5.58. The topological polar surface area (TPSA) is 82.2 Å². The van der Waals surface area contributed by atoms with Crippen LogP contribution in [0.1, 0.15) is 41.7 Å². The Morgan fingerprint density at radius 2 is 2.05 bits per heavy atom. The predicted octanol–water partition coefficient (Wildman–Crippen LogP) is 1.21. The molecule has 110 valence electrons. The number of aromatic amines is 1. The van der Waals surface area contributed by atoms with Crippen molar-refractivity contribution in [3.63, 3.8) is 0 Å². The number of carbonyl (C=O) groups excluding carboxylic acids is 1. The molecule has 1 fully saturated rings. The quantitative estimate of drug-likeness (QED) is 0.774. The highest BCUT2D eigenvalue weighted by Crippen LogP contribution is 2.29. The average molecular weight is 278 g/mol. The lowest BCUT2D eigenvalue weighted by Gasteiger charge is -2.30. The maximum Gasteiger partial charge on any atom is 0.260 e. The molecule has 0 radical (unpaired) electrons. The first-order valence-corrected chi connectivity index (χ1v) is 7.21. The number of aryl methyl sites for hydroxylation is 1. The third-order valence-corrected chi connectivity index (χ3v) is 4.13. The van der Waals surface area contributed by atoms with Gasteiger partial charge in [-0.15, -0.1) is 0 Å². The lowest BCUT2D eigenvalue weighted by molar-refractivity contribution is 0.0908. The first-order chi connectivity index (χ1) is 9.61. The Morgan fingerprint density at radius 1 is 1.35 bits per heavy atom. The van der Waals surface area contributed by atoms with E-state index in [9.17, 15) is 14.7 Å². The van der Waals surface area contributed by atoms with Crippen molar-refractivity contribution >= 4 is 5.91 Å². The van der Waals surface area contributed by atoms with Crippen molar-refractivity contribution in [1.29, 1.82) is 0 Å². The van der Waals surface area contributed by atoms with Gasteiger partial charge in [0, 0.05) is 18.8 Å². The molecular formula is C15H22N2O3. The molecular weight excluding hydrogens is 256 g/mol. The first kappa shape index (κ1) is 14.8. The molecule has 5 heteroatoms. The number of amides is 1. The van der Waals surface area contributed by atoms with Gasteiger partial charge in [-0.05, 0) is 43.7 Å². The van der Waals surface area contributed by atoms with E-state index >= 15 is 0 Å². The van der Waals surface area contributed by atoms with Crippen LogP contribution >= 0.6 is 0 Å². The van der Waals surface area contributed by atoms with Crippen LogP contribution in [0.25, 0.3) is 0 Å². The van der Waals surface area contributed by atoms with Gasteiger partial charge >= 0.3 is 0 Å². The number of hydrogen-bond acceptors (Lipinski definition) is 3. The minimum Gasteiger partial charge on any atom is -0.396 e. The highest BCUT2D eigenvalue weighted by atomic mass is 16.3. The van der Waals surface area contributed by atoms with Gasteiger partial charge in [-0.2, -0.15) is 0 Å². The van der Waals surface area contributed by atoms with Gasteiger partial charge in [-0.25, -0.2) is 0 Å². The van der Waals surface area contributed by atoms with E-state index in [0.717, 1.165) is 31.4 Å². The minimum absolute atomic E-state index is 0.145. The Balaban J connectivity index is 1.96. The van der Waals surface area contributed by atoms with Crippen molar-refractivity contribution in [2.24, 2.45) is 11.8 Å². The number of pyridine rings is 1. The van der Waals surface area contributed by atoms with Crippen LogP contribution in [0.4, 0.5) is 0 Å². The molecule has 1 aliphatic rings. The smallest absolute Gasteiger partial charge is 0.260 e. The maximum absolute atomic E-state index is 12.0. The molecule has 2 atom stereocenters. The van der Waals surface area contributed by atoms with Crippen LogP contribution in [0, 0.1) is 18.8 Å². The number of carbonyl (C=O) groups is 1. The normalized spacial score (nSPS) is 22.5. The van der Waals surface area contributed by atoms with Gasteiger partial charge in [0.15, 0.2) is 0 Å². The summed E-state index contributed by atoms with van der Waals surface area (Å²) in [6.45, 7) is 2.47. The molecule has 5 nitrogen and oxygen atoms in total. The molecule has 0 aromatic carbocycles. The average Bonchev–Trinajstić information content (AvgIpc) is 2.45. The van der Waals surface area contributed by atoms with E-state index in [1.165, 1.54) is 0 Å². The fourth-order valence-electron chi connectivity index (χ4n) is 2.86. The number of aliphatic hydroxyl groups is 1. The van der Waals surface area contributed by atoms with E-state index in [4.69, 9.17) is 0 Å². The van der Waals surface area contributed by atoms with E-state index in [0.29, 0.717) is 12.5 Å². The van der Waals surface area contributed by atoms with Crippen LogP contribution in [0.2, 0.25) is 0 Å². The molecule has 1 aliphatic carbocycles. The SMILES string of the molecule is Cc1ccc(C(=O)NCC2CCCCC2CO)c(=O)[nH]1. The van der Waals surface area contributed by atoms with E-state index in [-0.39, 0.29) is 29.6 Å². The Morgan fingerprint density at radius 3 is 2.70 bits per heavy atom. The van der Waals surface area contributed by atoms with Gasteiger partial charge in [0.2, 0.25) is 0 Å². The van der Waals surface area contributed by atoms with Crippen molar-refractivity contribution in [1.82, 2.24) is 10.3 Å². The van der Waals surface area contributed by atoms with Crippen molar-refractivity contribution in [3.8, 4) is 0 Å². The Hall–Kier alpha value is -1.62. The summed E-state index contributed by atoms with van der Waals surface area (Å²) in [6, 6.07) is 3.27. The van der Waals surface area contributed by atoms with Crippen molar-refractivity contribution in [2.75, 3.05) is 13.2 Å². The first-order valence-electron chi connectivity index (χ1n) is 7.21. The molecule has 1 heterocycles. The molecule has 3 N–H and O–H groups in total. The van der Waals surface area contributed by atoms with Gasteiger partial charge in [-0.1, -0.05) is 12.8 Å². The highest BCUT2D eigenvalue weighted by Gasteiger charge is 2.25. The van der Waals surface area contributed by atoms with Crippen LogP contribution in [0.5, 0.6) is 0 Å². The summed E-state index contributed by atoms with van der Waals surface area (Å²) in [5.41, 5.74) is 0.524. The van der Waals surface area contributed by atoms with Gasteiger partial charge < -0.3 is 15.4 Å². The molecule has 0 aliphatic heterocycles. The molecule has 0 saturated heterocycles. The van der Waals surface area contributed by atoms with E-state index in [1.807, 2.05) is 0 Å². The number of H-pyrrole nitrogens is 1. The zero-order valence-electron chi connectivity index (χ0n) is 11.8. The molecule has 0 bridgehead atoms. The Kier molecular flexibility index (Phi) is 4.95. The largest absolute Gasteiger partial charge is 0.396 e. The monoisotopic (exact) mass is 278 g/mol. The lowest BCUT2D eigenvalue weighted by Crippen LogP contribution is -2.37. The van der Waals surface area contributed by atoms with Gasteiger partial charge in [0.1, 0.15) is 5.56 Å². The van der Waals surface area contributed by atoms with Crippen molar-refractivity contribution in [2.45, 2.75) is 32.6 Å². The summed E-state index contributed by atoms with van der Waals surface area (Å²) in [5, 5.41) is 12.2. The van der Waals surface area contributed by atoms with Crippen LogP contribution in [-0.2, 0) is 0 Å². The molecule has 1 aromatic heterocycles. The molecule has 1 saturated carbocycles. The maximum atomic E-state index is 12.0. The summed E-state index contributed by atoms with van der Waals surface area (Å²) in [7, 11) is 0. The Labute approximate surface area is 118 Å². The fraction of sp³-hybridized carbons (Fsp3) is 0.600. The molecule has 0 spiro atoms. The summed E-state index contributed by atoms with van der Waals surface area (Å²) < 4.78 is 0. The second-order valence-electron chi connectivity index (χ2n) is 5.58. The molecule has 1 amide bonds. The van der Waals surface area contributed by atoms with Crippen LogP contribution in [-0.4, -0.2) is 29.1 Å². The van der Waals surface area contributed by atoms with Gasteiger partial charge in [0.05, 0.1) is 0 Å². The fourth-order valence-corrected chi connectivity index (χ4v) is 2.86. The predicted molar refractivity (Wildman–Crippen MR) is 76.7 cm³/mol. The number of hydrogen-bond donors (Lipinski definition) is 3. The molecule has 2 rings (SSSR count). The van der Waals surface area contributed by atoms with Crippen molar-refractivity contribution < 1.29 is 9.90 Å². The van der Waals surface area contributed by atoms with E-state index < -0.39 is 0 Å². The molecule has 20 heavy (non-hydrogen) atoms. The van der Waals surface area contributed by atoms with Crippen LogP contribution < -0.4 is 10.9 Å². The third kappa shape index (κ3) is 3.48. The van der Waals surface area contributed by atoms with Crippen LogP contribution in [0.15, 0.2) is 16.9 Å². The lowest BCUT2D eigenvalue weighted by atomic mass is 9.79.